The van der Waals surface area contributed by atoms with E-state index in [4.69, 9.17) is 5.73 Å². The van der Waals surface area contributed by atoms with Crippen LogP contribution in [0.15, 0.2) is 30.3 Å². The van der Waals surface area contributed by atoms with Crippen LogP contribution in [0.4, 0.5) is 5.69 Å². The van der Waals surface area contributed by atoms with Crippen molar-refractivity contribution >= 4 is 30.5 Å². The molecule has 0 unspecified atom stereocenters. The van der Waals surface area contributed by atoms with E-state index in [1.54, 1.807) is 0 Å². The minimum atomic E-state index is 0. The molecular formula is C12H20Cl2N2. The van der Waals surface area contributed by atoms with Gasteiger partial charge in [-0.25, -0.2) is 0 Å². The molecule has 0 heterocycles. The minimum Gasteiger partial charge on any atom is -0.374 e. The first kappa shape index (κ1) is 15.6. The van der Waals surface area contributed by atoms with Gasteiger partial charge in [0.25, 0.3) is 0 Å². The van der Waals surface area contributed by atoms with E-state index in [1.165, 1.54) is 18.5 Å². The fourth-order valence-electron chi connectivity index (χ4n) is 1.88. The molecule has 16 heavy (non-hydrogen) atoms. The van der Waals surface area contributed by atoms with Crippen molar-refractivity contribution in [1.29, 1.82) is 0 Å². The van der Waals surface area contributed by atoms with Crippen LogP contribution in [0.3, 0.4) is 0 Å². The molecule has 0 atom stereocenters. The SMILES string of the molecule is CN(CC1(CN)CC1)c1ccccc1.Cl.Cl. The Morgan fingerprint density at radius 1 is 1.19 bits per heavy atom. The summed E-state index contributed by atoms with van der Waals surface area (Å²) in [6.45, 7) is 1.91. The van der Waals surface area contributed by atoms with E-state index in [9.17, 15) is 0 Å². The molecule has 92 valence electrons. The largest absolute Gasteiger partial charge is 0.374 e. The molecule has 0 radical (unpaired) electrons. The van der Waals surface area contributed by atoms with Crippen molar-refractivity contribution in [1.82, 2.24) is 0 Å². The lowest BCUT2D eigenvalue weighted by Crippen LogP contribution is -2.31. The van der Waals surface area contributed by atoms with E-state index in [-0.39, 0.29) is 24.8 Å². The molecule has 0 aliphatic heterocycles. The number of hydrogen-bond acceptors (Lipinski definition) is 2. The second-order valence-corrected chi connectivity index (χ2v) is 4.40. The summed E-state index contributed by atoms with van der Waals surface area (Å²) >= 11 is 0. The first-order chi connectivity index (χ1) is 6.76. The van der Waals surface area contributed by atoms with Crippen LogP contribution < -0.4 is 10.6 Å². The molecule has 2 nitrogen and oxygen atoms in total. The Labute approximate surface area is 110 Å². The average molecular weight is 263 g/mol. The third-order valence-corrected chi connectivity index (χ3v) is 3.16. The molecule has 1 saturated carbocycles. The van der Waals surface area contributed by atoms with Crippen molar-refractivity contribution in [2.45, 2.75) is 12.8 Å². The fourth-order valence-corrected chi connectivity index (χ4v) is 1.88. The minimum absolute atomic E-state index is 0. The van der Waals surface area contributed by atoms with Gasteiger partial charge < -0.3 is 10.6 Å². The van der Waals surface area contributed by atoms with E-state index in [2.05, 4.69) is 36.2 Å². The maximum absolute atomic E-state index is 5.77. The maximum atomic E-state index is 5.77. The Hall–Kier alpha value is -0.440. The smallest absolute Gasteiger partial charge is 0.0363 e. The molecule has 1 fully saturated rings. The highest BCUT2D eigenvalue weighted by Crippen LogP contribution is 2.45. The van der Waals surface area contributed by atoms with Crippen molar-refractivity contribution in [3.8, 4) is 0 Å². The summed E-state index contributed by atoms with van der Waals surface area (Å²) in [7, 11) is 2.14. The van der Waals surface area contributed by atoms with E-state index >= 15 is 0 Å². The number of rotatable bonds is 4. The van der Waals surface area contributed by atoms with Crippen molar-refractivity contribution in [2.75, 3.05) is 25.0 Å². The summed E-state index contributed by atoms with van der Waals surface area (Å²) in [5, 5.41) is 0. The van der Waals surface area contributed by atoms with Gasteiger partial charge >= 0.3 is 0 Å². The zero-order chi connectivity index (χ0) is 10.0. The molecule has 1 aliphatic rings. The van der Waals surface area contributed by atoms with Gasteiger partial charge in [-0.05, 0) is 31.5 Å². The Kier molecular flexibility index (Phi) is 6.16. The lowest BCUT2D eigenvalue weighted by Gasteiger charge is -2.24. The molecule has 4 heteroatoms. The number of anilines is 1. The van der Waals surface area contributed by atoms with Gasteiger partial charge in [-0.1, -0.05) is 18.2 Å². The predicted octanol–water partition coefficient (Wildman–Crippen LogP) is 2.71. The van der Waals surface area contributed by atoms with Gasteiger partial charge in [-0.2, -0.15) is 0 Å². The number of hydrogen-bond donors (Lipinski definition) is 1. The number of nitrogens with zero attached hydrogens (tertiary/aromatic N) is 1. The highest BCUT2D eigenvalue weighted by Gasteiger charge is 2.41. The van der Waals surface area contributed by atoms with Crippen LogP contribution in [-0.4, -0.2) is 20.1 Å². The highest BCUT2D eigenvalue weighted by atomic mass is 35.5. The summed E-state index contributed by atoms with van der Waals surface area (Å²) in [6.07, 6.45) is 2.58. The zero-order valence-corrected chi connectivity index (χ0v) is 11.2. The van der Waals surface area contributed by atoms with Crippen molar-refractivity contribution in [3.63, 3.8) is 0 Å². The quantitative estimate of drug-likeness (QED) is 0.905. The highest BCUT2D eigenvalue weighted by molar-refractivity contribution is 5.85. The van der Waals surface area contributed by atoms with Gasteiger partial charge in [-0.15, -0.1) is 24.8 Å². The normalized spacial score (nSPS) is 15.6. The maximum Gasteiger partial charge on any atom is 0.0363 e. The standard InChI is InChI=1S/C12H18N2.2ClH/c1-14(10-12(9-13)7-8-12)11-5-3-2-4-6-11;;/h2-6H,7-10,13H2,1H3;2*1H. The molecule has 0 saturated heterocycles. The fraction of sp³-hybridized carbons (Fsp3) is 0.500. The second-order valence-electron chi connectivity index (χ2n) is 4.40. The van der Waals surface area contributed by atoms with Crippen LogP contribution >= 0.6 is 24.8 Å². The summed E-state index contributed by atoms with van der Waals surface area (Å²) in [5.41, 5.74) is 7.47. The van der Waals surface area contributed by atoms with Crippen LogP contribution in [0.2, 0.25) is 0 Å². The van der Waals surface area contributed by atoms with Gasteiger partial charge in [0.1, 0.15) is 0 Å². The van der Waals surface area contributed by atoms with E-state index < -0.39 is 0 Å². The van der Waals surface area contributed by atoms with Gasteiger partial charge in [-0.3, -0.25) is 0 Å². The molecule has 1 aliphatic carbocycles. The Bertz CT molecular complexity index is 299. The van der Waals surface area contributed by atoms with Crippen LogP contribution in [0.5, 0.6) is 0 Å². The monoisotopic (exact) mass is 262 g/mol. The number of halogens is 2. The number of para-hydroxylation sites is 1. The summed E-state index contributed by atoms with van der Waals surface area (Å²) < 4.78 is 0. The van der Waals surface area contributed by atoms with Gasteiger partial charge in [0.2, 0.25) is 0 Å². The summed E-state index contributed by atoms with van der Waals surface area (Å²) in [6, 6.07) is 10.5. The molecule has 0 amide bonds. The first-order valence-corrected chi connectivity index (χ1v) is 5.22. The number of nitrogens with two attached hydrogens (primary N) is 1. The Balaban J connectivity index is 0.00000112. The summed E-state index contributed by atoms with van der Waals surface area (Å²) in [4.78, 5) is 2.31. The molecule has 1 aromatic rings. The molecular weight excluding hydrogens is 243 g/mol. The average Bonchev–Trinajstić information content (AvgIpc) is 3.00. The topological polar surface area (TPSA) is 29.3 Å². The lowest BCUT2D eigenvalue weighted by atomic mass is 10.1. The van der Waals surface area contributed by atoms with E-state index in [0.717, 1.165) is 13.1 Å². The van der Waals surface area contributed by atoms with Crippen molar-refractivity contribution in [2.24, 2.45) is 11.1 Å². The molecule has 0 aromatic heterocycles. The molecule has 2 rings (SSSR count). The second kappa shape index (κ2) is 6.33. The van der Waals surface area contributed by atoms with Crippen LogP contribution in [0.1, 0.15) is 12.8 Å². The van der Waals surface area contributed by atoms with Crippen LogP contribution in [0, 0.1) is 5.41 Å². The van der Waals surface area contributed by atoms with Gasteiger partial charge in [0, 0.05) is 24.7 Å². The number of benzene rings is 1. The third kappa shape index (κ3) is 3.55. The van der Waals surface area contributed by atoms with Crippen LogP contribution in [0.25, 0.3) is 0 Å². The van der Waals surface area contributed by atoms with E-state index in [0.29, 0.717) is 5.41 Å². The van der Waals surface area contributed by atoms with E-state index in [1.807, 2.05) is 6.07 Å². The summed E-state index contributed by atoms with van der Waals surface area (Å²) in [5.74, 6) is 0. The van der Waals surface area contributed by atoms with Gasteiger partial charge in [0.05, 0.1) is 0 Å². The van der Waals surface area contributed by atoms with Crippen LogP contribution in [-0.2, 0) is 0 Å². The molecule has 0 bridgehead atoms. The Morgan fingerprint density at radius 2 is 1.75 bits per heavy atom. The molecule has 1 aromatic carbocycles. The lowest BCUT2D eigenvalue weighted by molar-refractivity contribution is 0.523. The van der Waals surface area contributed by atoms with Crippen molar-refractivity contribution < 1.29 is 0 Å². The van der Waals surface area contributed by atoms with Gasteiger partial charge in [0.15, 0.2) is 0 Å². The zero-order valence-electron chi connectivity index (χ0n) is 9.56. The Morgan fingerprint density at radius 3 is 2.19 bits per heavy atom. The molecule has 0 spiro atoms. The first-order valence-electron chi connectivity index (χ1n) is 5.22. The molecule has 2 N–H and O–H groups in total. The van der Waals surface area contributed by atoms with Crippen molar-refractivity contribution in [3.05, 3.63) is 30.3 Å². The third-order valence-electron chi connectivity index (χ3n) is 3.16. The predicted molar refractivity (Wildman–Crippen MR) is 74.9 cm³/mol.